The average molecular weight is 283 g/mol. The van der Waals surface area contributed by atoms with Crippen LogP contribution in [0.1, 0.15) is 2.85 Å². The molecule has 8 nitrogen and oxygen atoms in total. The van der Waals surface area contributed by atoms with Crippen molar-refractivity contribution in [2.24, 2.45) is 0 Å². The molecule has 0 aromatic heterocycles. The third-order valence-corrected chi connectivity index (χ3v) is 0. The van der Waals surface area contributed by atoms with Crippen molar-refractivity contribution < 1.29 is 67.5 Å². The number of rotatable bonds is 0. The maximum Gasteiger partial charge on any atom is 4.00 e. The minimum Gasteiger partial charge on any atom is -0.822 e. The van der Waals surface area contributed by atoms with Gasteiger partial charge in [0.15, 0.2) is 0 Å². The van der Waals surface area contributed by atoms with E-state index >= 15 is 0 Å². The van der Waals surface area contributed by atoms with Gasteiger partial charge in [0.25, 0.3) is 0 Å². The zero-order valence-electron chi connectivity index (χ0n) is 6.66. The monoisotopic (exact) mass is 282 g/mol. The Balaban J connectivity index is -0.0000000267. The van der Waals surface area contributed by atoms with Crippen LogP contribution in [0.4, 0.5) is 0 Å². The first-order chi connectivity index (χ1) is 4.00. The van der Waals surface area contributed by atoms with Crippen molar-refractivity contribution in [2.75, 3.05) is 0 Å². The summed E-state index contributed by atoms with van der Waals surface area (Å²) in [4.78, 5) is 51.3. The topological polar surface area (TPSA) is 172 Å². The summed E-state index contributed by atoms with van der Waals surface area (Å²) in [5.41, 5.74) is 0. The van der Waals surface area contributed by atoms with Crippen LogP contribution < -0.4 is 29.4 Å². The Labute approximate surface area is 83.5 Å². The van der Waals surface area contributed by atoms with Crippen LogP contribution in [-0.4, -0.2) is 0 Å². The second-order valence-electron chi connectivity index (χ2n) is 0.894. The largest absolute Gasteiger partial charge is 4.00 e. The standard InChI is InChI=1S/2H3O4P.Zr/c2*1-5(2,3)4;/h2*(H3,1,2,3,4);/q;;+4/p-4. The quantitative estimate of drug-likeness (QED) is 0.396. The normalized spacial score (nSPS) is 10.7. The molecular formula is H2O8P2Zr. The summed E-state index contributed by atoms with van der Waals surface area (Å²) in [7, 11) is -10.8. The second-order valence-corrected chi connectivity index (χ2v) is 2.68. The zero-order chi connectivity index (χ0) is 9.00. The van der Waals surface area contributed by atoms with E-state index in [9.17, 15) is 0 Å². The molecule has 11 heteroatoms. The van der Waals surface area contributed by atoms with E-state index in [1.165, 1.54) is 0 Å². The van der Waals surface area contributed by atoms with Crippen molar-refractivity contribution >= 4 is 15.6 Å². The fraction of sp³-hybridized carbons (Fsp3) is 0. The van der Waals surface area contributed by atoms with Crippen molar-refractivity contribution in [1.29, 1.82) is 0 Å². The first-order valence-corrected chi connectivity index (χ1v) is 4.38. The molecule has 0 spiro atoms. The van der Waals surface area contributed by atoms with E-state index in [1.807, 2.05) is 0 Å². The molecule has 0 unspecified atom stereocenters. The van der Waals surface area contributed by atoms with Crippen LogP contribution in [0, 0.1) is 0 Å². The molecule has 0 saturated carbocycles. The van der Waals surface area contributed by atoms with Crippen LogP contribution in [0.5, 0.6) is 0 Å². The Bertz CT molecular complexity index is 132. The Morgan fingerprint density at radius 1 is 0.727 bits per heavy atom. The first-order valence-electron chi connectivity index (χ1n) is 1.46. The van der Waals surface area contributed by atoms with Crippen LogP contribution in [-0.2, 0) is 35.3 Å². The van der Waals surface area contributed by atoms with E-state index in [4.69, 9.17) is 38.5 Å². The summed E-state index contributed by atoms with van der Waals surface area (Å²) in [6, 6.07) is 0. The molecule has 0 saturated heterocycles. The molecule has 0 radical (unpaired) electrons. The predicted octanol–water partition coefficient (Wildman–Crippen LogP) is -5.43. The molecule has 0 aromatic carbocycles. The van der Waals surface area contributed by atoms with Gasteiger partial charge in [-0.2, -0.15) is 15.6 Å². The van der Waals surface area contributed by atoms with Crippen molar-refractivity contribution in [1.82, 2.24) is 0 Å². The van der Waals surface area contributed by atoms with Crippen LogP contribution in [0.2, 0.25) is 0 Å². The summed E-state index contributed by atoms with van der Waals surface area (Å²) >= 11 is 0. The molecule has 0 N–H and O–H groups in total. The van der Waals surface area contributed by atoms with Gasteiger partial charge in [-0.1, -0.05) is 0 Å². The Morgan fingerprint density at radius 2 is 0.727 bits per heavy atom. The van der Waals surface area contributed by atoms with Gasteiger partial charge in [0.2, 0.25) is 0 Å². The number of hydrogen-bond acceptors (Lipinski definition) is 8. The van der Waals surface area contributed by atoms with Gasteiger partial charge in [0.05, 0.1) is 0 Å². The van der Waals surface area contributed by atoms with Gasteiger partial charge in [0, 0.05) is 0 Å². The molecule has 0 fully saturated rings. The SMILES string of the molecule is O=P([O-])([O-])[O-].O=P([O-])([O-])[O-].[H+].[H+].[Zr+4]. The van der Waals surface area contributed by atoms with Crippen molar-refractivity contribution in [3.05, 3.63) is 0 Å². The molecule has 0 rings (SSSR count). The second kappa shape index (κ2) is 6.60. The fourth-order valence-electron chi connectivity index (χ4n) is 0. The van der Waals surface area contributed by atoms with E-state index in [0.29, 0.717) is 0 Å². The molecule has 0 heterocycles. The molecule has 0 aliphatic heterocycles. The van der Waals surface area contributed by atoms with Crippen LogP contribution in [0.25, 0.3) is 0 Å². The van der Waals surface area contributed by atoms with E-state index < -0.39 is 15.6 Å². The van der Waals surface area contributed by atoms with Crippen molar-refractivity contribution in [3.8, 4) is 0 Å². The maximum absolute atomic E-state index is 8.55. The summed E-state index contributed by atoms with van der Waals surface area (Å²) < 4.78 is 17.1. The summed E-state index contributed by atoms with van der Waals surface area (Å²) in [5, 5.41) is 0. The van der Waals surface area contributed by atoms with Crippen LogP contribution in [0.15, 0.2) is 0 Å². The van der Waals surface area contributed by atoms with E-state index in [1.54, 1.807) is 0 Å². The molecule has 11 heavy (non-hydrogen) atoms. The Kier molecular flexibility index (Phi) is 10.8. The molecule has 0 aromatic rings. The summed E-state index contributed by atoms with van der Waals surface area (Å²) in [5.74, 6) is 0. The van der Waals surface area contributed by atoms with E-state index in [-0.39, 0.29) is 29.1 Å². The van der Waals surface area contributed by atoms with E-state index in [0.717, 1.165) is 0 Å². The summed E-state index contributed by atoms with van der Waals surface area (Å²) in [6.45, 7) is 0. The molecule has 0 bridgehead atoms. The third-order valence-electron chi connectivity index (χ3n) is 0. The van der Waals surface area contributed by atoms with Gasteiger partial charge in [-0.15, -0.1) is 0 Å². The summed E-state index contributed by atoms with van der Waals surface area (Å²) in [6.07, 6.45) is 0. The van der Waals surface area contributed by atoms with Crippen molar-refractivity contribution in [2.45, 2.75) is 0 Å². The van der Waals surface area contributed by atoms with Crippen LogP contribution >= 0.6 is 15.6 Å². The molecule has 0 aliphatic rings. The smallest absolute Gasteiger partial charge is 0.822 e. The van der Waals surface area contributed by atoms with Gasteiger partial charge in [-0.05, 0) is 0 Å². The Hall–Kier alpha value is 1.10. The zero-order valence-corrected chi connectivity index (χ0v) is 8.91. The van der Waals surface area contributed by atoms with Crippen molar-refractivity contribution in [3.63, 3.8) is 0 Å². The van der Waals surface area contributed by atoms with Gasteiger partial charge in [-0.25, -0.2) is 0 Å². The average Bonchev–Trinajstić information content (AvgIpc) is 1.12. The van der Waals surface area contributed by atoms with Gasteiger partial charge in [-0.3, -0.25) is 0 Å². The molecule has 64 valence electrons. The van der Waals surface area contributed by atoms with E-state index in [2.05, 4.69) is 0 Å². The molecule has 0 amide bonds. The predicted molar refractivity (Wildman–Crippen MR) is 17.4 cm³/mol. The van der Waals surface area contributed by atoms with Gasteiger partial charge < -0.3 is 38.5 Å². The molecule has 0 aliphatic carbocycles. The van der Waals surface area contributed by atoms with Gasteiger partial charge in [0.1, 0.15) is 0 Å². The Morgan fingerprint density at radius 3 is 0.727 bits per heavy atom. The number of phosphoric acid groups is 2. The van der Waals surface area contributed by atoms with Gasteiger partial charge >= 0.3 is 29.1 Å². The molecular weight excluding hydrogens is 281 g/mol. The fourth-order valence-corrected chi connectivity index (χ4v) is 0. The molecule has 0 atom stereocenters. The number of hydrogen-bond donors (Lipinski definition) is 0. The van der Waals surface area contributed by atoms with Crippen LogP contribution in [0.3, 0.4) is 0 Å². The first kappa shape index (κ1) is 18.0. The third kappa shape index (κ3) is 756. The maximum atomic E-state index is 8.55. The minimum absolute atomic E-state index is 0. The minimum atomic E-state index is -5.39.